The third-order valence-electron chi connectivity index (χ3n) is 4.10. The normalized spacial score (nSPS) is 10.6. The topological polar surface area (TPSA) is 57.5 Å². The summed E-state index contributed by atoms with van der Waals surface area (Å²) in [5.74, 6) is 0.203. The maximum atomic E-state index is 13.2. The van der Waals surface area contributed by atoms with Gasteiger partial charge in [0.2, 0.25) is 0 Å². The smallest absolute Gasteiger partial charge is 0.308 e. The lowest BCUT2D eigenvalue weighted by Crippen LogP contribution is -2.15. The number of allylic oxidation sites excluding steroid dienone is 1. The first kappa shape index (κ1) is 18.7. The third kappa shape index (κ3) is 3.59. The molecule has 0 radical (unpaired) electrons. The van der Waals surface area contributed by atoms with Crippen molar-refractivity contribution in [3.63, 3.8) is 0 Å². The minimum absolute atomic E-state index is 0.253. The van der Waals surface area contributed by atoms with Crippen molar-refractivity contribution in [2.45, 2.75) is 13.3 Å². The van der Waals surface area contributed by atoms with E-state index in [9.17, 15) is 9.59 Å². The molecule has 0 saturated carbocycles. The fourth-order valence-corrected chi connectivity index (χ4v) is 3.08. The van der Waals surface area contributed by atoms with Gasteiger partial charge in [0.15, 0.2) is 5.75 Å². The molecule has 0 aliphatic rings. The Morgan fingerprint density at radius 3 is 2.48 bits per heavy atom. The van der Waals surface area contributed by atoms with Crippen LogP contribution in [0.2, 0.25) is 5.02 Å². The second-order valence-electron chi connectivity index (χ2n) is 5.89. The number of aromatic nitrogens is 1. The first-order valence-electron chi connectivity index (χ1n) is 8.27. The van der Waals surface area contributed by atoms with Crippen LogP contribution in [0.1, 0.15) is 23.0 Å². The number of fused-ring (bicyclic) bond motifs is 1. The van der Waals surface area contributed by atoms with Gasteiger partial charge < -0.3 is 9.47 Å². The minimum atomic E-state index is -0.471. The Balaban J connectivity index is 2.30. The van der Waals surface area contributed by atoms with Gasteiger partial charge in [0.05, 0.1) is 18.3 Å². The number of esters is 1. The van der Waals surface area contributed by atoms with Crippen LogP contribution < -0.4 is 9.47 Å². The summed E-state index contributed by atoms with van der Waals surface area (Å²) in [4.78, 5) is 24.9. The highest BCUT2D eigenvalue weighted by Crippen LogP contribution is 2.37. The Labute approximate surface area is 161 Å². The summed E-state index contributed by atoms with van der Waals surface area (Å²) in [5, 5.41) is 1.16. The minimum Gasteiger partial charge on any atom is -0.497 e. The van der Waals surface area contributed by atoms with Crippen LogP contribution in [0, 0.1) is 0 Å². The quantitative estimate of drug-likeness (QED) is 0.475. The highest BCUT2D eigenvalue weighted by molar-refractivity contribution is 6.30. The van der Waals surface area contributed by atoms with E-state index in [0.717, 1.165) is 0 Å². The molecule has 27 heavy (non-hydrogen) atoms. The van der Waals surface area contributed by atoms with Crippen LogP contribution in [0.3, 0.4) is 0 Å². The van der Waals surface area contributed by atoms with Crippen molar-refractivity contribution >= 4 is 34.4 Å². The van der Waals surface area contributed by atoms with Gasteiger partial charge in [-0.1, -0.05) is 17.7 Å². The zero-order valence-corrected chi connectivity index (χ0v) is 15.7. The van der Waals surface area contributed by atoms with Crippen molar-refractivity contribution in [1.82, 2.24) is 4.57 Å². The van der Waals surface area contributed by atoms with E-state index in [0.29, 0.717) is 45.1 Å². The van der Waals surface area contributed by atoms with Gasteiger partial charge in [0.1, 0.15) is 5.75 Å². The molecule has 6 heteroatoms. The zero-order chi connectivity index (χ0) is 19.6. The molecule has 0 aliphatic heterocycles. The number of hydrogen-bond donors (Lipinski definition) is 0. The van der Waals surface area contributed by atoms with E-state index in [4.69, 9.17) is 21.1 Å². The maximum absolute atomic E-state index is 13.2. The molecule has 0 unspecified atom stereocenters. The van der Waals surface area contributed by atoms with Crippen molar-refractivity contribution in [3.8, 4) is 11.5 Å². The van der Waals surface area contributed by atoms with E-state index in [1.807, 2.05) is 0 Å². The predicted octanol–water partition coefficient (Wildman–Crippen LogP) is 4.65. The number of carbonyl (C=O) groups is 2. The molecule has 0 fully saturated rings. The lowest BCUT2D eigenvalue weighted by molar-refractivity contribution is -0.131. The van der Waals surface area contributed by atoms with E-state index in [1.165, 1.54) is 11.5 Å². The molecule has 138 valence electrons. The summed E-state index contributed by atoms with van der Waals surface area (Å²) < 4.78 is 12.3. The number of hydrogen-bond acceptors (Lipinski definition) is 4. The lowest BCUT2D eigenvalue weighted by Gasteiger charge is -2.09. The van der Waals surface area contributed by atoms with E-state index in [2.05, 4.69) is 6.58 Å². The second-order valence-corrected chi connectivity index (χ2v) is 6.33. The Morgan fingerprint density at radius 2 is 1.89 bits per heavy atom. The number of nitrogens with zero attached hydrogens (tertiary/aromatic N) is 1. The maximum Gasteiger partial charge on any atom is 0.308 e. The average Bonchev–Trinajstić information content (AvgIpc) is 2.94. The van der Waals surface area contributed by atoms with Gasteiger partial charge >= 0.3 is 5.97 Å². The van der Waals surface area contributed by atoms with Crippen LogP contribution in [0.5, 0.6) is 11.5 Å². The van der Waals surface area contributed by atoms with Crippen LogP contribution >= 0.6 is 11.6 Å². The molecule has 1 aromatic heterocycles. The molecular formula is C21H18ClNO4. The molecular weight excluding hydrogens is 366 g/mol. The summed E-state index contributed by atoms with van der Waals surface area (Å²) in [6.07, 6.45) is 2.00. The van der Waals surface area contributed by atoms with Gasteiger partial charge in [-0.05, 0) is 42.5 Å². The molecule has 3 aromatic rings. The molecule has 0 amide bonds. The van der Waals surface area contributed by atoms with Gasteiger partial charge in [-0.25, -0.2) is 0 Å². The standard InChI is InChI=1S/C21H18ClNO4/c1-4-5-19-20(27-13(2)24)17-12-16(26-3)10-11-18(17)23(19)21(25)14-6-8-15(22)9-7-14/h4,6-12H,1,5H2,2-3H3. The Hall–Kier alpha value is -3.05. The molecule has 0 N–H and O–H groups in total. The number of methoxy groups -OCH3 is 1. The van der Waals surface area contributed by atoms with Gasteiger partial charge in [0, 0.05) is 29.3 Å². The molecule has 0 bridgehead atoms. The second kappa shape index (κ2) is 7.68. The van der Waals surface area contributed by atoms with Crippen molar-refractivity contribution in [3.05, 3.63) is 71.4 Å². The molecule has 0 saturated heterocycles. The Bertz CT molecular complexity index is 1030. The number of rotatable bonds is 5. The Kier molecular flexibility index (Phi) is 5.33. The van der Waals surface area contributed by atoms with Crippen molar-refractivity contribution in [2.24, 2.45) is 0 Å². The molecule has 5 nitrogen and oxygen atoms in total. The first-order valence-corrected chi connectivity index (χ1v) is 8.65. The Morgan fingerprint density at radius 1 is 1.19 bits per heavy atom. The molecule has 0 atom stereocenters. The van der Waals surface area contributed by atoms with Crippen LogP contribution in [0.25, 0.3) is 10.9 Å². The summed E-state index contributed by atoms with van der Waals surface area (Å²) in [6, 6.07) is 11.9. The highest BCUT2D eigenvalue weighted by Gasteiger charge is 2.24. The largest absolute Gasteiger partial charge is 0.497 e. The summed E-state index contributed by atoms with van der Waals surface area (Å²) in [5.41, 5.74) is 1.62. The van der Waals surface area contributed by atoms with E-state index in [-0.39, 0.29) is 5.91 Å². The lowest BCUT2D eigenvalue weighted by atomic mass is 10.2. The predicted molar refractivity (Wildman–Crippen MR) is 105 cm³/mol. The van der Waals surface area contributed by atoms with Crippen molar-refractivity contribution in [2.75, 3.05) is 7.11 Å². The average molecular weight is 384 g/mol. The van der Waals surface area contributed by atoms with E-state index >= 15 is 0 Å². The van der Waals surface area contributed by atoms with Crippen molar-refractivity contribution < 1.29 is 19.1 Å². The zero-order valence-electron chi connectivity index (χ0n) is 15.0. The molecule has 1 heterocycles. The summed E-state index contributed by atoms with van der Waals surface area (Å²) >= 11 is 5.93. The van der Waals surface area contributed by atoms with Crippen molar-refractivity contribution in [1.29, 1.82) is 0 Å². The van der Waals surface area contributed by atoms with Gasteiger partial charge in [0.25, 0.3) is 5.91 Å². The molecule has 3 rings (SSSR count). The highest BCUT2D eigenvalue weighted by atomic mass is 35.5. The van der Waals surface area contributed by atoms with Crippen LogP contribution in [-0.4, -0.2) is 23.6 Å². The van der Waals surface area contributed by atoms with Gasteiger partial charge in [-0.3, -0.25) is 14.2 Å². The molecule has 0 spiro atoms. The molecule has 2 aromatic carbocycles. The van der Waals surface area contributed by atoms with Crippen LogP contribution in [-0.2, 0) is 11.2 Å². The number of carbonyl (C=O) groups excluding carboxylic acids is 2. The molecule has 0 aliphatic carbocycles. The number of halogens is 1. The number of benzene rings is 2. The van der Waals surface area contributed by atoms with Crippen LogP contribution in [0.4, 0.5) is 0 Å². The van der Waals surface area contributed by atoms with Crippen LogP contribution in [0.15, 0.2) is 55.1 Å². The summed E-state index contributed by atoms with van der Waals surface area (Å²) in [6.45, 7) is 5.08. The van der Waals surface area contributed by atoms with Gasteiger partial charge in [-0.15, -0.1) is 6.58 Å². The first-order chi connectivity index (χ1) is 13.0. The fourth-order valence-electron chi connectivity index (χ4n) is 2.95. The summed E-state index contributed by atoms with van der Waals surface area (Å²) in [7, 11) is 1.55. The monoisotopic (exact) mass is 383 g/mol. The van der Waals surface area contributed by atoms with E-state index in [1.54, 1.807) is 55.7 Å². The number of ether oxygens (including phenoxy) is 2. The van der Waals surface area contributed by atoms with E-state index < -0.39 is 5.97 Å². The van der Waals surface area contributed by atoms with Gasteiger partial charge in [-0.2, -0.15) is 0 Å². The fraction of sp³-hybridized carbons (Fsp3) is 0.143. The third-order valence-corrected chi connectivity index (χ3v) is 4.35. The SMILES string of the molecule is C=CCc1c(OC(C)=O)c2cc(OC)ccc2n1C(=O)c1ccc(Cl)cc1.